The van der Waals surface area contributed by atoms with Gasteiger partial charge in [-0.15, -0.1) is 0 Å². The smallest absolute Gasteiger partial charge is 0.228 e. The van der Waals surface area contributed by atoms with E-state index in [4.69, 9.17) is 0 Å². The first-order chi connectivity index (χ1) is 9.81. The molecule has 0 aromatic heterocycles. The summed E-state index contributed by atoms with van der Waals surface area (Å²) >= 11 is 0. The topological polar surface area (TPSA) is 9.72 Å². The Morgan fingerprint density at radius 1 is 0.696 bits per heavy atom. The summed E-state index contributed by atoms with van der Waals surface area (Å²) in [6.07, 6.45) is 0. The number of rotatable bonds is 3. The maximum atomic E-state index is 3.03. The highest BCUT2D eigenvalue weighted by molar-refractivity contribution is 7.64. The lowest BCUT2D eigenvalue weighted by Crippen LogP contribution is -2.81. The second-order valence-electron chi connectivity index (χ2n) is 11.1. The van der Waals surface area contributed by atoms with Crippen LogP contribution in [0.25, 0.3) is 0 Å². The molecule has 0 N–H and O–H groups in total. The van der Waals surface area contributed by atoms with Gasteiger partial charge in [-0.1, -0.05) is 80.8 Å². The summed E-state index contributed by atoms with van der Waals surface area (Å²) in [5, 5.41) is 0.691. The van der Waals surface area contributed by atoms with E-state index in [1.54, 1.807) is 0 Å². The molecule has 0 saturated carbocycles. The molecular formula is C16H42N3PSi3. The van der Waals surface area contributed by atoms with Gasteiger partial charge in [-0.05, 0) is 24.2 Å². The van der Waals surface area contributed by atoms with E-state index in [1.807, 2.05) is 0 Å². The van der Waals surface area contributed by atoms with E-state index in [1.165, 1.54) is 0 Å². The summed E-state index contributed by atoms with van der Waals surface area (Å²) < 4.78 is 8.80. The third-order valence-corrected chi connectivity index (χ3v) is 26.6. The maximum Gasteiger partial charge on any atom is 0.228 e. The molecule has 0 aromatic carbocycles. The zero-order valence-corrected chi connectivity index (χ0v) is 22.2. The Hall–Kier alpha value is 0.961. The first-order valence-electron chi connectivity index (χ1n) is 8.89. The van der Waals surface area contributed by atoms with Crippen molar-refractivity contribution in [2.75, 3.05) is 14.1 Å². The molecule has 1 rings (SSSR count). The third kappa shape index (κ3) is 3.34. The SMILES string of the molecule is CN1P(N([Si](C)(C)C)[Si](C)(C)C)N(C)[Si]1(C(C)(C)C)C(C)(C)C. The van der Waals surface area contributed by atoms with Crippen LogP contribution < -0.4 is 0 Å². The molecule has 0 bridgehead atoms. The normalized spacial score (nSPS) is 22.6. The molecule has 0 spiro atoms. The van der Waals surface area contributed by atoms with Gasteiger partial charge in [0.15, 0.2) is 0 Å². The van der Waals surface area contributed by atoms with Crippen molar-refractivity contribution in [1.29, 1.82) is 0 Å². The van der Waals surface area contributed by atoms with E-state index >= 15 is 0 Å². The van der Waals surface area contributed by atoms with Crippen LogP contribution in [0.5, 0.6) is 0 Å². The van der Waals surface area contributed by atoms with Crippen molar-refractivity contribution in [1.82, 2.24) is 12.7 Å². The molecule has 0 atom stereocenters. The molecule has 0 unspecified atom stereocenters. The van der Waals surface area contributed by atoms with Crippen molar-refractivity contribution < 1.29 is 0 Å². The standard InChI is InChI=1S/C16H42N3PSi3/c1-15(2,3)23(16(4,5)6)17(7)20(18(23)8)19(21(9,10)11)22(12,13)14/h1-14H3. The molecule has 7 heteroatoms. The average Bonchev–Trinajstić information content (AvgIpc) is 2.18. The van der Waals surface area contributed by atoms with Crippen molar-refractivity contribution >= 4 is 33.2 Å². The molecule has 3 nitrogen and oxygen atoms in total. The lowest BCUT2D eigenvalue weighted by atomic mass is 10.2. The molecule has 1 saturated heterocycles. The monoisotopic (exact) mass is 391 g/mol. The molecule has 1 aliphatic rings. The summed E-state index contributed by atoms with van der Waals surface area (Å²) in [6.45, 7) is 30.0. The van der Waals surface area contributed by atoms with Crippen molar-refractivity contribution in [2.45, 2.75) is 90.9 Å². The lowest BCUT2D eigenvalue weighted by molar-refractivity contribution is 0.398. The van der Waals surface area contributed by atoms with Crippen LogP contribution in [0.1, 0.15) is 41.5 Å². The quantitative estimate of drug-likeness (QED) is 0.425. The van der Waals surface area contributed by atoms with Crippen LogP contribution in [-0.2, 0) is 0 Å². The van der Waals surface area contributed by atoms with E-state index in [0.717, 1.165) is 0 Å². The molecule has 1 fully saturated rings. The number of nitrogens with zero attached hydrogens (tertiary/aromatic N) is 3. The van der Waals surface area contributed by atoms with Crippen LogP contribution in [0.4, 0.5) is 0 Å². The van der Waals surface area contributed by atoms with Gasteiger partial charge in [-0.2, -0.15) is 0 Å². The van der Waals surface area contributed by atoms with Gasteiger partial charge in [0.1, 0.15) is 16.5 Å². The second-order valence-corrected chi connectivity index (χ2v) is 30.5. The summed E-state index contributed by atoms with van der Waals surface area (Å²) in [4.78, 5) is 0. The molecule has 0 aromatic rings. The molecular weight excluding hydrogens is 349 g/mol. The fraction of sp³-hybridized carbons (Fsp3) is 1.00. The Bertz CT molecular complexity index is 403. The average molecular weight is 392 g/mol. The molecule has 0 aliphatic carbocycles. The molecule has 23 heavy (non-hydrogen) atoms. The Kier molecular flexibility index (Phi) is 5.74. The van der Waals surface area contributed by atoms with E-state index in [2.05, 4.69) is 108 Å². The number of hydrogen-bond donors (Lipinski definition) is 0. The summed E-state index contributed by atoms with van der Waals surface area (Å²) in [7, 11) is 0.150. The highest BCUT2D eigenvalue weighted by Crippen LogP contribution is 2.74. The summed E-state index contributed by atoms with van der Waals surface area (Å²) in [6, 6.07) is 0. The van der Waals surface area contributed by atoms with Crippen molar-refractivity contribution in [3.63, 3.8) is 0 Å². The van der Waals surface area contributed by atoms with E-state index in [-0.39, 0.29) is 8.37 Å². The van der Waals surface area contributed by atoms with Crippen LogP contribution >= 0.6 is 8.37 Å². The second kappa shape index (κ2) is 6.00. The van der Waals surface area contributed by atoms with Gasteiger partial charge in [0.2, 0.25) is 8.40 Å². The highest BCUT2D eigenvalue weighted by atomic mass is 31.2. The zero-order chi connectivity index (χ0) is 18.8. The largest absolute Gasteiger partial charge is 0.301 e. The number of hydrogen-bond acceptors (Lipinski definition) is 3. The van der Waals surface area contributed by atoms with Crippen molar-refractivity contribution in [3.05, 3.63) is 0 Å². The summed E-state index contributed by atoms with van der Waals surface area (Å²) in [5.41, 5.74) is 0. The van der Waals surface area contributed by atoms with E-state index < -0.39 is 24.9 Å². The summed E-state index contributed by atoms with van der Waals surface area (Å²) in [5.74, 6) is 0. The first kappa shape index (κ1) is 22.0. The van der Waals surface area contributed by atoms with Crippen LogP contribution in [-0.4, -0.2) is 51.6 Å². The Labute approximate surface area is 151 Å². The molecule has 0 amide bonds. The van der Waals surface area contributed by atoms with Gasteiger partial charge in [-0.25, -0.2) is 0 Å². The van der Waals surface area contributed by atoms with Gasteiger partial charge >= 0.3 is 0 Å². The van der Waals surface area contributed by atoms with Crippen LogP contribution in [0, 0.1) is 0 Å². The fourth-order valence-corrected chi connectivity index (χ4v) is 35.3. The molecule has 1 aliphatic heterocycles. The minimum Gasteiger partial charge on any atom is -0.301 e. The fourth-order valence-electron chi connectivity index (χ4n) is 5.51. The van der Waals surface area contributed by atoms with Crippen molar-refractivity contribution in [2.24, 2.45) is 0 Å². The van der Waals surface area contributed by atoms with Crippen LogP contribution in [0.15, 0.2) is 0 Å². The van der Waals surface area contributed by atoms with E-state index in [9.17, 15) is 0 Å². The van der Waals surface area contributed by atoms with Gasteiger partial charge in [0.25, 0.3) is 0 Å². The molecule has 1 heterocycles. The Balaban J connectivity index is 3.43. The maximum absolute atomic E-state index is 3.03. The van der Waals surface area contributed by atoms with Crippen LogP contribution in [0.3, 0.4) is 0 Å². The van der Waals surface area contributed by atoms with Gasteiger partial charge < -0.3 is 4.00 Å². The Morgan fingerprint density at radius 2 is 0.957 bits per heavy atom. The Morgan fingerprint density at radius 3 is 1.13 bits per heavy atom. The highest BCUT2D eigenvalue weighted by Gasteiger charge is 2.71. The third-order valence-electron chi connectivity index (χ3n) is 5.01. The predicted molar refractivity (Wildman–Crippen MR) is 116 cm³/mol. The first-order valence-corrected chi connectivity index (χ1v) is 18.9. The zero-order valence-electron chi connectivity index (χ0n) is 18.3. The minimum atomic E-state index is -1.74. The lowest BCUT2D eigenvalue weighted by Gasteiger charge is -2.75. The van der Waals surface area contributed by atoms with Gasteiger partial charge in [-0.3, -0.25) is 8.67 Å². The van der Waals surface area contributed by atoms with Crippen LogP contribution in [0.2, 0.25) is 49.4 Å². The van der Waals surface area contributed by atoms with E-state index in [0.29, 0.717) is 10.1 Å². The molecule has 138 valence electrons. The van der Waals surface area contributed by atoms with Gasteiger partial charge in [0, 0.05) is 0 Å². The molecule has 0 radical (unpaired) electrons. The minimum absolute atomic E-state index is 0.291. The van der Waals surface area contributed by atoms with Crippen molar-refractivity contribution in [3.8, 4) is 0 Å². The predicted octanol–water partition coefficient (Wildman–Crippen LogP) is 6.10. The van der Waals surface area contributed by atoms with Gasteiger partial charge in [0.05, 0.1) is 8.37 Å².